The third-order valence-electron chi connectivity index (χ3n) is 3.41. The van der Waals surface area contributed by atoms with E-state index in [1.807, 2.05) is 47.2 Å². The van der Waals surface area contributed by atoms with Gasteiger partial charge in [0.05, 0.1) is 6.26 Å². The van der Waals surface area contributed by atoms with Crippen LogP contribution in [0.25, 0.3) is 17.1 Å². The lowest BCUT2D eigenvalue weighted by molar-refractivity contribution is 0.579. The number of anilines is 1. The van der Waals surface area contributed by atoms with Crippen molar-refractivity contribution in [1.29, 1.82) is 0 Å². The van der Waals surface area contributed by atoms with Crippen LogP contribution in [0.15, 0.2) is 77.5 Å². The smallest absolute Gasteiger partial charge is 0.180 e. The monoisotopic (exact) mass is 292 g/mol. The number of furan rings is 1. The molecular weight excluding hydrogens is 276 g/mol. The standard InChI is InChI=1S/C17H14N4O.H2/c1-2-4-7-13(6-3-1)19-16-17-18-9-10-21(17)12-14(20-16)15-8-5-11-22-15;/h1-3,5-12H,4H2,(H,19,20);1H. The summed E-state index contributed by atoms with van der Waals surface area (Å²) < 4.78 is 7.38. The largest absolute Gasteiger partial charge is 0.463 e. The second-order valence-electron chi connectivity index (χ2n) is 4.92. The molecule has 0 bridgehead atoms. The molecule has 1 aliphatic carbocycles. The van der Waals surface area contributed by atoms with Crippen molar-refractivity contribution in [2.45, 2.75) is 6.42 Å². The number of allylic oxidation sites excluding steroid dienone is 5. The van der Waals surface area contributed by atoms with Crippen molar-refractivity contribution in [1.82, 2.24) is 14.4 Å². The summed E-state index contributed by atoms with van der Waals surface area (Å²) in [5.74, 6) is 1.43. The van der Waals surface area contributed by atoms with Gasteiger partial charge in [-0.15, -0.1) is 0 Å². The molecule has 1 N–H and O–H groups in total. The molecule has 3 aromatic heterocycles. The first-order valence-corrected chi connectivity index (χ1v) is 7.08. The lowest BCUT2D eigenvalue weighted by Gasteiger charge is -2.09. The zero-order valence-corrected chi connectivity index (χ0v) is 11.8. The molecule has 0 radical (unpaired) electrons. The summed E-state index contributed by atoms with van der Waals surface area (Å²) >= 11 is 0. The summed E-state index contributed by atoms with van der Waals surface area (Å²) in [5, 5.41) is 3.35. The minimum absolute atomic E-state index is 0. The maximum atomic E-state index is 5.45. The molecule has 1 aliphatic rings. The number of nitrogens with zero attached hydrogens (tertiary/aromatic N) is 3. The quantitative estimate of drug-likeness (QED) is 0.791. The van der Waals surface area contributed by atoms with Gasteiger partial charge < -0.3 is 14.1 Å². The number of hydrogen-bond acceptors (Lipinski definition) is 4. The molecule has 0 spiro atoms. The highest BCUT2D eigenvalue weighted by molar-refractivity contribution is 5.69. The fraction of sp³-hybridized carbons (Fsp3) is 0.0588. The fourth-order valence-electron chi connectivity index (χ4n) is 2.37. The molecule has 0 fully saturated rings. The van der Waals surface area contributed by atoms with Crippen LogP contribution < -0.4 is 5.32 Å². The maximum Gasteiger partial charge on any atom is 0.180 e. The van der Waals surface area contributed by atoms with E-state index in [1.165, 1.54) is 0 Å². The lowest BCUT2D eigenvalue weighted by atomic mass is 10.3. The van der Waals surface area contributed by atoms with Crippen LogP contribution in [0.1, 0.15) is 7.85 Å². The average Bonchev–Trinajstić information content (AvgIpc) is 3.16. The summed E-state index contributed by atoms with van der Waals surface area (Å²) in [6.45, 7) is 0. The van der Waals surface area contributed by atoms with Crippen LogP contribution in [-0.2, 0) is 0 Å². The summed E-state index contributed by atoms with van der Waals surface area (Å²) in [7, 11) is 0. The first kappa shape index (κ1) is 12.6. The second-order valence-corrected chi connectivity index (χ2v) is 4.92. The van der Waals surface area contributed by atoms with E-state index in [-0.39, 0.29) is 1.43 Å². The van der Waals surface area contributed by atoms with Crippen molar-refractivity contribution in [2.24, 2.45) is 0 Å². The number of nitrogens with one attached hydrogen (secondary N) is 1. The highest BCUT2D eigenvalue weighted by atomic mass is 16.3. The number of fused-ring (bicyclic) bond motifs is 1. The van der Waals surface area contributed by atoms with E-state index < -0.39 is 0 Å². The van der Waals surface area contributed by atoms with E-state index in [2.05, 4.69) is 27.4 Å². The zero-order chi connectivity index (χ0) is 14.8. The topological polar surface area (TPSA) is 55.4 Å². The molecule has 0 atom stereocenters. The van der Waals surface area contributed by atoms with E-state index in [9.17, 15) is 0 Å². The van der Waals surface area contributed by atoms with E-state index in [1.54, 1.807) is 12.5 Å². The highest BCUT2D eigenvalue weighted by Crippen LogP contribution is 2.23. The van der Waals surface area contributed by atoms with Gasteiger partial charge in [0.15, 0.2) is 17.2 Å². The van der Waals surface area contributed by atoms with E-state index >= 15 is 0 Å². The molecular formula is C17H16N4O. The van der Waals surface area contributed by atoms with Crippen molar-refractivity contribution < 1.29 is 5.84 Å². The highest BCUT2D eigenvalue weighted by Gasteiger charge is 2.11. The Bertz CT molecular complexity index is 891. The van der Waals surface area contributed by atoms with Gasteiger partial charge in [0.1, 0.15) is 5.69 Å². The molecule has 0 saturated carbocycles. The van der Waals surface area contributed by atoms with Gasteiger partial charge in [-0.3, -0.25) is 0 Å². The van der Waals surface area contributed by atoms with Gasteiger partial charge in [0.2, 0.25) is 0 Å². The van der Waals surface area contributed by atoms with Crippen LogP contribution >= 0.6 is 0 Å². The summed E-state index contributed by atoms with van der Waals surface area (Å²) in [6.07, 6.45) is 18.4. The number of imidazole rings is 1. The van der Waals surface area contributed by atoms with Crippen LogP contribution in [0.5, 0.6) is 0 Å². The minimum Gasteiger partial charge on any atom is -0.463 e. The van der Waals surface area contributed by atoms with Crippen LogP contribution in [0, 0.1) is 0 Å². The van der Waals surface area contributed by atoms with Crippen LogP contribution in [-0.4, -0.2) is 14.4 Å². The number of hydrogen-bond donors (Lipinski definition) is 1. The van der Waals surface area contributed by atoms with Crippen molar-refractivity contribution in [2.75, 3.05) is 5.32 Å². The van der Waals surface area contributed by atoms with Crippen molar-refractivity contribution >= 4 is 11.5 Å². The lowest BCUT2D eigenvalue weighted by Crippen LogP contribution is -2.03. The molecule has 0 aliphatic heterocycles. The maximum absolute atomic E-state index is 5.45. The van der Waals surface area contributed by atoms with Crippen molar-refractivity contribution in [3.8, 4) is 11.5 Å². The molecule has 3 aromatic rings. The molecule has 22 heavy (non-hydrogen) atoms. The Labute approximate surface area is 128 Å². The Morgan fingerprint density at radius 1 is 1.32 bits per heavy atom. The molecule has 0 amide bonds. The predicted molar refractivity (Wildman–Crippen MR) is 87.4 cm³/mol. The average molecular weight is 292 g/mol. The molecule has 3 heterocycles. The molecule has 5 nitrogen and oxygen atoms in total. The van der Waals surface area contributed by atoms with Gasteiger partial charge in [-0.25, -0.2) is 9.97 Å². The molecule has 0 aromatic carbocycles. The van der Waals surface area contributed by atoms with E-state index in [0.29, 0.717) is 5.82 Å². The van der Waals surface area contributed by atoms with Crippen molar-refractivity contribution in [3.63, 3.8) is 0 Å². The Morgan fingerprint density at radius 3 is 3.23 bits per heavy atom. The molecule has 0 unspecified atom stereocenters. The van der Waals surface area contributed by atoms with E-state index in [4.69, 9.17) is 4.42 Å². The third-order valence-corrected chi connectivity index (χ3v) is 3.41. The first-order valence-electron chi connectivity index (χ1n) is 7.08. The zero-order valence-electron chi connectivity index (χ0n) is 11.8. The molecule has 0 saturated heterocycles. The Morgan fingerprint density at radius 2 is 2.32 bits per heavy atom. The van der Waals surface area contributed by atoms with Gasteiger partial charge in [-0.2, -0.15) is 0 Å². The van der Waals surface area contributed by atoms with Gasteiger partial charge in [0, 0.05) is 25.7 Å². The van der Waals surface area contributed by atoms with E-state index in [0.717, 1.165) is 29.2 Å². The number of aromatic nitrogens is 3. The van der Waals surface area contributed by atoms with Crippen LogP contribution in [0.4, 0.5) is 5.82 Å². The van der Waals surface area contributed by atoms with Crippen LogP contribution in [0.2, 0.25) is 0 Å². The summed E-state index contributed by atoms with van der Waals surface area (Å²) in [4.78, 5) is 9.03. The normalized spacial score (nSPS) is 14.1. The molecule has 110 valence electrons. The fourth-order valence-corrected chi connectivity index (χ4v) is 2.37. The summed E-state index contributed by atoms with van der Waals surface area (Å²) in [5.41, 5.74) is 2.54. The summed E-state index contributed by atoms with van der Waals surface area (Å²) in [6, 6.07) is 3.74. The Hall–Kier alpha value is -3.08. The minimum atomic E-state index is 0. The Kier molecular flexibility index (Phi) is 3.08. The second kappa shape index (κ2) is 5.37. The first-order chi connectivity index (χ1) is 10.9. The SMILES string of the molecule is C1=CCC=C(Nc2nc(-c3ccco3)cn3ccnc23)C=C1.[HH]. The molecule has 4 rings (SSSR count). The third kappa shape index (κ3) is 2.33. The predicted octanol–water partition coefficient (Wildman–Crippen LogP) is 4.05. The van der Waals surface area contributed by atoms with Gasteiger partial charge in [-0.1, -0.05) is 24.3 Å². The molecule has 5 heteroatoms. The van der Waals surface area contributed by atoms with Crippen LogP contribution in [0.3, 0.4) is 0 Å². The van der Waals surface area contributed by atoms with Gasteiger partial charge >= 0.3 is 0 Å². The van der Waals surface area contributed by atoms with Gasteiger partial charge in [-0.05, 0) is 24.6 Å². The Balaban J connectivity index is 0.00000156. The number of rotatable bonds is 3. The van der Waals surface area contributed by atoms with Crippen molar-refractivity contribution in [3.05, 3.63) is 73.1 Å². The van der Waals surface area contributed by atoms with Gasteiger partial charge in [0.25, 0.3) is 0 Å².